The first-order valence-electron chi connectivity index (χ1n) is 15.8. The number of rotatable bonds is 5. The van der Waals surface area contributed by atoms with E-state index in [1.54, 1.807) is 29.3 Å². The smallest absolute Gasteiger partial charge is 0.410 e. The molecular weight excluding hydrogens is 623 g/mol. The van der Waals surface area contributed by atoms with Crippen molar-refractivity contribution in [2.75, 3.05) is 24.5 Å². The fraction of sp³-hybridized carbons (Fsp3) is 0.400. The molecule has 1 aromatic carbocycles. The summed E-state index contributed by atoms with van der Waals surface area (Å²) in [6, 6.07) is 8.05. The van der Waals surface area contributed by atoms with Gasteiger partial charge in [0.25, 0.3) is 0 Å². The van der Waals surface area contributed by atoms with Gasteiger partial charge in [0.2, 0.25) is 0 Å². The quantitative estimate of drug-likeness (QED) is 0.189. The van der Waals surface area contributed by atoms with Gasteiger partial charge >= 0.3 is 11.8 Å². The Labute approximate surface area is 277 Å². The van der Waals surface area contributed by atoms with Crippen LogP contribution in [-0.2, 0) is 4.74 Å². The van der Waals surface area contributed by atoms with Crippen molar-refractivity contribution in [1.82, 2.24) is 24.4 Å². The number of anilines is 1. The number of benzene rings is 1. The summed E-state index contributed by atoms with van der Waals surface area (Å²) in [5, 5.41) is 1.36. The fourth-order valence-electron chi connectivity index (χ4n) is 6.19. The van der Waals surface area contributed by atoms with Gasteiger partial charge in [-0.3, -0.25) is 4.98 Å². The number of carbonyl (C=O) groups is 1. The van der Waals surface area contributed by atoms with Gasteiger partial charge in [0.1, 0.15) is 22.8 Å². The monoisotopic (exact) mass is 660 g/mol. The highest BCUT2D eigenvalue weighted by atomic mass is 35.5. The average molecular weight is 661 g/mol. The van der Waals surface area contributed by atoms with Crippen LogP contribution in [0.15, 0.2) is 52.0 Å². The number of amides is 1. The molecule has 1 amide bonds. The van der Waals surface area contributed by atoms with E-state index in [4.69, 9.17) is 25.7 Å². The Hall–Kier alpha value is -4.51. The number of nitrogens with zero attached hydrogens (tertiary/aromatic N) is 6. The molecule has 0 radical (unpaired) electrons. The summed E-state index contributed by atoms with van der Waals surface area (Å²) in [6.07, 6.45) is 3.47. The highest BCUT2D eigenvalue weighted by molar-refractivity contribution is 6.34. The molecule has 1 saturated heterocycles. The van der Waals surface area contributed by atoms with Crippen molar-refractivity contribution in [2.45, 2.75) is 72.4 Å². The van der Waals surface area contributed by atoms with Crippen molar-refractivity contribution < 1.29 is 18.3 Å². The normalized spacial score (nSPS) is 15.7. The third-order valence-electron chi connectivity index (χ3n) is 8.41. The molecular formula is C35H38ClFN6O4. The second-order valence-corrected chi connectivity index (χ2v) is 13.6. The fourth-order valence-corrected chi connectivity index (χ4v) is 6.44. The van der Waals surface area contributed by atoms with E-state index in [9.17, 15) is 9.59 Å². The lowest BCUT2D eigenvalue weighted by Crippen LogP contribution is -2.56. The first kappa shape index (κ1) is 32.4. The Morgan fingerprint density at radius 1 is 1.17 bits per heavy atom. The zero-order chi connectivity index (χ0) is 33.8. The molecule has 0 saturated carbocycles. The minimum atomic E-state index is -0.628. The summed E-state index contributed by atoms with van der Waals surface area (Å²) in [5.74, 6) is -0.200. The number of carbonyl (C=O) groups excluding carboxylic acids is 1. The number of aromatic nitrogens is 4. The molecule has 1 aliphatic heterocycles. The molecule has 6 rings (SSSR count). The summed E-state index contributed by atoms with van der Waals surface area (Å²) >= 11 is 6.95. The lowest BCUT2D eigenvalue weighted by Gasteiger charge is -2.42. The number of piperazine rings is 1. The third-order valence-corrected chi connectivity index (χ3v) is 8.70. The van der Waals surface area contributed by atoms with Crippen LogP contribution in [0.2, 0.25) is 5.02 Å². The van der Waals surface area contributed by atoms with Gasteiger partial charge in [0, 0.05) is 37.3 Å². The van der Waals surface area contributed by atoms with E-state index in [0.29, 0.717) is 59.6 Å². The highest BCUT2D eigenvalue weighted by Gasteiger charge is 2.34. The summed E-state index contributed by atoms with van der Waals surface area (Å²) in [7, 11) is 0. The summed E-state index contributed by atoms with van der Waals surface area (Å²) < 4.78 is 28.4. The lowest BCUT2D eigenvalue weighted by atomic mass is 10.0. The summed E-state index contributed by atoms with van der Waals surface area (Å²) in [5.41, 5.74) is 1.66. The van der Waals surface area contributed by atoms with Gasteiger partial charge in [0.05, 0.1) is 39.3 Å². The molecule has 47 heavy (non-hydrogen) atoms. The largest absolute Gasteiger partial charge is 0.464 e. The van der Waals surface area contributed by atoms with Crippen molar-refractivity contribution in [3.63, 3.8) is 0 Å². The van der Waals surface area contributed by atoms with Gasteiger partial charge in [0.15, 0.2) is 5.65 Å². The van der Waals surface area contributed by atoms with E-state index in [0.717, 1.165) is 5.56 Å². The van der Waals surface area contributed by atoms with E-state index < -0.39 is 17.1 Å². The molecule has 1 fully saturated rings. The van der Waals surface area contributed by atoms with Gasteiger partial charge in [-0.2, -0.15) is 4.98 Å². The predicted octanol–water partition coefficient (Wildman–Crippen LogP) is 7.65. The first-order valence-corrected chi connectivity index (χ1v) is 16.2. The molecule has 5 heterocycles. The zero-order valence-corrected chi connectivity index (χ0v) is 28.4. The van der Waals surface area contributed by atoms with Crippen LogP contribution in [-0.4, -0.2) is 61.8 Å². The molecule has 1 aliphatic rings. The summed E-state index contributed by atoms with van der Waals surface area (Å²) in [6.45, 7) is 14.6. The van der Waals surface area contributed by atoms with E-state index in [1.807, 2.05) is 59.4 Å². The number of ether oxygens (including phenoxy) is 1. The van der Waals surface area contributed by atoms with E-state index >= 15 is 4.39 Å². The van der Waals surface area contributed by atoms with Crippen LogP contribution >= 0.6 is 11.6 Å². The van der Waals surface area contributed by atoms with Gasteiger partial charge < -0.3 is 19.0 Å². The van der Waals surface area contributed by atoms with Crippen molar-refractivity contribution >= 4 is 45.5 Å². The molecule has 0 unspecified atom stereocenters. The molecule has 0 aliphatic carbocycles. The molecule has 0 bridgehead atoms. The SMILES string of the molecule is CC[C@H]1CN(C(=O)OC(C)(C)C)CCN1c1nc(=O)n(-c2c(C)ccnc2C(C)C)c2nc(-c3c(F)ccc4ccoc34)c(Cl)cc12. The maximum absolute atomic E-state index is 15.6. The van der Waals surface area contributed by atoms with Gasteiger partial charge in [-0.1, -0.05) is 32.4 Å². The number of aryl methyl sites for hydroxylation is 1. The Kier molecular flexibility index (Phi) is 8.46. The highest BCUT2D eigenvalue weighted by Crippen LogP contribution is 2.39. The van der Waals surface area contributed by atoms with Crippen LogP contribution in [0.5, 0.6) is 0 Å². The Bertz CT molecular complexity index is 2070. The van der Waals surface area contributed by atoms with Crippen LogP contribution in [0.4, 0.5) is 15.0 Å². The standard InChI is InChI=1S/C35H38ClFN6O4/c1-8-22-18-41(34(45)47-35(5,6)7)14-15-42(22)31-23-17-24(36)28(26-25(37)10-9-21-12-16-46-30(21)26)39-32(23)43(33(44)40-31)29-20(4)11-13-38-27(29)19(2)3/h9-13,16-17,19,22H,8,14-15,18H2,1-7H3/t22-/m0/s1. The molecule has 246 valence electrons. The molecule has 12 heteroatoms. The Morgan fingerprint density at radius 3 is 2.64 bits per heavy atom. The Morgan fingerprint density at radius 2 is 1.94 bits per heavy atom. The maximum atomic E-state index is 15.6. The molecule has 0 spiro atoms. The van der Waals surface area contributed by atoms with E-state index in [2.05, 4.69) is 9.97 Å². The predicted molar refractivity (Wildman–Crippen MR) is 181 cm³/mol. The molecule has 1 atom stereocenters. The minimum Gasteiger partial charge on any atom is -0.464 e. The average Bonchev–Trinajstić information content (AvgIpc) is 3.49. The van der Waals surface area contributed by atoms with Crippen LogP contribution in [0.25, 0.3) is 38.9 Å². The van der Waals surface area contributed by atoms with Crippen molar-refractivity contribution in [1.29, 1.82) is 0 Å². The van der Waals surface area contributed by atoms with Crippen LogP contribution in [0.1, 0.15) is 65.1 Å². The van der Waals surface area contributed by atoms with Crippen LogP contribution in [0.3, 0.4) is 0 Å². The van der Waals surface area contributed by atoms with Crippen LogP contribution in [0, 0.1) is 12.7 Å². The molecule has 4 aromatic heterocycles. The zero-order valence-electron chi connectivity index (χ0n) is 27.6. The first-order chi connectivity index (χ1) is 22.3. The minimum absolute atomic E-state index is 0.0296. The second kappa shape index (κ2) is 12.3. The van der Waals surface area contributed by atoms with E-state index in [1.165, 1.54) is 16.9 Å². The van der Waals surface area contributed by atoms with Gasteiger partial charge in [-0.25, -0.2) is 23.5 Å². The number of halogens is 2. The molecule has 0 N–H and O–H groups in total. The van der Waals surface area contributed by atoms with E-state index in [-0.39, 0.29) is 40.0 Å². The van der Waals surface area contributed by atoms with Gasteiger partial charge in [-0.15, -0.1) is 0 Å². The Balaban J connectivity index is 1.60. The van der Waals surface area contributed by atoms with Crippen molar-refractivity contribution in [3.8, 4) is 16.9 Å². The number of furan rings is 1. The number of hydrogen-bond donors (Lipinski definition) is 0. The lowest BCUT2D eigenvalue weighted by molar-refractivity contribution is 0.0213. The summed E-state index contributed by atoms with van der Waals surface area (Å²) in [4.78, 5) is 45.2. The maximum Gasteiger partial charge on any atom is 0.410 e. The second-order valence-electron chi connectivity index (χ2n) is 13.2. The van der Waals surface area contributed by atoms with Crippen molar-refractivity contribution in [2.24, 2.45) is 0 Å². The number of hydrogen-bond acceptors (Lipinski definition) is 8. The van der Waals surface area contributed by atoms with Crippen molar-refractivity contribution in [3.05, 3.63) is 75.4 Å². The van der Waals surface area contributed by atoms with Gasteiger partial charge in [-0.05, 0) is 75.9 Å². The molecule has 5 aromatic rings. The number of pyridine rings is 2. The number of fused-ring (bicyclic) bond motifs is 2. The molecule has 10 nitrogen and oxygen atoms in total. The topological polar surface area (TPSA) is 107 Å². The van der Waals surface area contributed by atoms with Crippen LogP contribution < -0.4 is 10.6 Å². The third kappa shape index (κ3) is 5.93.